The quantitative estimate of drug-likeness (QED) is 0.835. The van der Waals surface area contributed by atoms with Crippen molar-refractivity contribution in [1.29, 1.82) is 0 Å². The van der Waals surface area contributed by atoms with Crippen LogP contribution in [-0.4, -0.2) is 25.0 Å². The van der Waals surface area contributed by atoms with E-state index in [0.29, 0.717) is 10.6 Å². The first-order valence-corrected chi connectivity index (χ1v) is 7.64. The van der Waals surface area contributed by atoms with Crippen molar-refractivity contribution in [2.45, 2.75) is 45.1 Å². The molecule has 1 aliphatic carbocycles. The number of aryl methyl sites for hydroxylation is 1. The summed E-state index contributed by atoms with van der Waals surface area (Å²) in [5.74, 6) is -0.726. The lowest BCUT2D eigenvalue weighted by molar-refractivity contribution is -0.124. The predicted octanol–water partition coefficient (Wildman–Crippen LogP) is 2.09. The number of anilines is 1. The van der Waals surface area contributed by atoms with Crippen LogP contribution in [0.5, 0.6) is 0 Å². The van der Waals surface area contributed by atoms with Crippen LogP contribution < -0.4 is 11.1 Å². The van der Waals surface area contributed by atoms with Gasteiger partial charge in [0.15, 0.2) is 0 Å². The Morgan fingerprint density at radius 2 is 2.00 bits per heavy atom. The molecule has 0 unspecified atom stereocenters. The number of ether oxygens (including phenoxy) is 1. The molecular formula is C14H20N2O3S. The molecule has 0 spiro atoms. The highest BCUT2D eigenvalue weighted by molar-refractivity contribution is 7.17. The lowest BCUT2D eigenvalue weighted by Gasteiger charge is -2.10. The highest BCUT2D eigenvalue weighted by Crippen LogP contribution is 2.37. The number of fused-ring (bicyclic) bond motifs is 1. The smallest absolute Gasteiger partial charge is 0.253 e. The Kier molecular flexibility index (Phi) is 4.77. The van der Waals surface area contributed by atoms with E-state index in [4.69, 9.17) is 10.5 Å². The van der Waals surface area contributed by atoms with Crippen molar-refractivity contribution in [2.24, 2.45) is 5.73 Å². The minimum atomic E-state index is -0.558. The van der Waals surface area contributed by atoms with E-state index in [9.17, 15) is 9.59 Å². The van der Waals surface area contributed by atoms with E-state index in [1.165, 1.54) is 29.7 Å². The number of methoxy groups -OCH3 is 1. The van der Waals surface area contributed by atoms with E-state index < -0.39 is 12.0 Å². The van der Waals surface area contributed by atoms with E-state index in [1.54, 1.807) is 6.92 Å². The maximum Gasteiger partial charge on any atom is 0.253 e. The predicted molar refractivity (Wildman–Crippen MR) is 79.2 cm³/mol. The minimum Gasteiger partial charge on any atom is -0.372 e. The van der Waals surface area contributed by atoms with Crippen molar-refractivity contribution in [3.63, 3.8) is 0 Å². The zero-order chi connectivity index (χ0) is 14.7. The van der Waals surface area contributed by atoms with Crippen LogP contribution in [0, 0.1) is 0 Å². The zero-order valence-electron chi connectivity index (χ0n) is 11.8. The molecule has 2 amide bonds. The van der Waals surface area contributed by atoms with Gasteiger partial charge in [-0.3, -0.25) is 9.59 Å². The number of amides is 2. The second-order valence-electron chi connectivity index (χ2n) is 5.00. The van der Waals surface area contributed by atoms with Crippen molar-refractivity contribution in [3.8, 4) is 0 Å². The Morgan fingerprint density at radius 1 is 1.30 bits per heavy atom. The molecule has 2 rings (SSSR count). The van der Waals surface area contributed by atoms with E-state index in [0.717, 1.165) is 31.2 Å². The van der Waals surface area contributed by atoms with Crippen molar-refractivity contribution in [1.82, 2.24) is 0 Å². The molecule has 1 aliphatic rings. The summed E-state index contributed by atoms with van der Waals surface area (Å²) in [6.45, 7) is 1.66. The molecule has 0 aromatic carbocycles. The Bertz CT molecular complexity index is 525. The van der Waals surface area contributed by atoms with Gasteiger partial charge in [-0.1, -0.05) is 6.42 Å². The van der Waals surface area contributed by atoms with E-state index in [2.05, 4.69) is 5.32 Å². The molecule has 0 saturated carbocycles. The number of nitrogens with one attached hydrogen (secondary N) is 1. The molecular weight excluding hydrogens is 276 g/mol. The number of hydrogen-bond acceptors (Lipinski definition) is 4. The SMILES string of the molecule is CO[C@@H](C)C(=O)Nc1sc2c(c1C(N)=O)CCCCC2. The molecule has 0 saturated heterocycles. The Hall–Kier alpha value is -1.40. The van der Waals surface area contributed by atoms with Gasteiger partial charge in [0.05, 0.1) is 5.56 Å². The monoisotopic (exact) mass is 296 g/mol. The normalized spacial score (nSPS) is 16.1. The van der Waals surface area contributed by atoms with Gasteiger partial charge in [-0.15, -0.1) is 11.3 Å². The third-order valence-corrected chi connectivity index (χ3v) is 4.83. The fourth-order valence-electron chi connectivity index (χ4n) is 2.41. The number of primary amides is 1. The third-order valence-electron chi connectivity index (χ3n) is 3.63. The average molecular weight is 296 g/mol. The summed E-state index contributed by atoms with van der Waals surface area (Å²) >= 11 is 1.47. The summed E-state index contributed by atoms with van der Waals surface area (Å²) in [7, 11) is 1.48. The Balaban J connectivity index is 2.33. The first-order valence-electron chi connectivity index (χ1n) is 6.82. The van der Waals surface area contributed by atoms with Crippen LogP contribution in [0.4, 0.5) is 5.00 Å². The summed E-state index contributed by atoms with van der Waals surface area (Å²) in [5, 5.41) is 3.34. The van der Waals surface area contributed by atoms with Crippen molar-refractivity contribution >= 4 is 28.2 Å². The largest absolute Gasteiger partial charge is 0.372 e. The Morgan fingerprint density at radius 3 is 2.65 bits per heavy atom. The first kappa shape index (κ1) is 15.0. The molecule has 6 heteroatoms. The average Bonchev–Trinajstić information content (AvgIpc) is 2.59. The number of hydrogen-bond donors (Lipinski definition) is 2. The van der Waals surface area contributed by atoms with Gasteiger partial charge in [0.1, 0.15) is 11.1 Å². The van der Waals surface area contributed by atoms with Gasteiger partial charge in [-0.2, -0.15) is 0 Å². The highest BCUT2D eigenvalue weighted by Gasteiger charge is 2.25. The van der Waals surface area contributed by atoms with E-state index >= 15 is 0 Å². The number of rotatable bonds is 4. The maximum absolute atomic E-state index is 11.9. The van der Waals surface area contributed by atoms with Crippen LogP contribution in [0.15, 0.2) is 0 Å². The number of carbonyl (C=O) groups excluding carboxylic acids is 2. The van der Waals surface area contributed by atoms with Gasteiger partial charge in [0, 0.05) is 12.0 Å². The topological polar surface area (TPSA) is 81.4 Å². The van der Waals surface area contributed by atoms with Gasteiger partial charge in [-0.25, -0.2) is 0 Å². The first-order chi connectivity index (χ1) is 9.54. The van der Waals surface area contributed by atoms with Crippen LogP contribution in [0.25, 0.3) is 0 Å². The number of carbonyl (C=O) groups is 2. The Labute approximate surface area is 122 Å². The number of nitrogens with two attached hydrogens (primary N) is 1. The van der Waals surface area contributed by atoms with Gasteiger partial charge < -0.3 is 15.8 Å². The summed E-state index contributed by atoms with van der Waals surface area (Å²) in [4.78, 5) is 24.8. The van der Waals surface area contributed by atoms with Gasteiger partial charge in [0.2, 0.25) is 0 Å². The zero-order valence-corrected chi connectivity index (χ0v) is 12.6. The molecule has 20 heavy (non-hydrogen) atoms. The molecule has 110 valence electrons. The van der Waals surface area contributed by atoms with Crippen molar-refractivity contribution < 1.29 is 14.3 Å². The minimum absolute atomic E-state index is 0.258. The molecule has 5 nitrogen and oxygen atoms in total. The molecule has 1 aromatic heterocycles. The van der Waals surface area contributed by atoms with Gasteiger partial charge in [0.25, 0.3) is 11.8 Å². The van der Waals surface area contributed by atoms with Crippen molar-refractivity contribution in [3.05, 3.63) is 16.0 Å². The number of thiophene rings is 1. The fourth-order valence-corrected chi connectivity index (χ4v) is 3.71. The van der Waals surface area contributed by atoms with E-state index in [1.807, 2.05) is 0 Å². The second kappa shape index (κ2) is 6.37. The summed E-state index contributed by atoms with van der Waals surface area (Å²) < 4.78 is 4.98. The molecule has 3 N–H and O–H groups in total. The lowest BCUT2D eigenvalue weighted by Crippen LogP contribution is -2.27. The van der Waals surface area contributed by atoms with Crippen LogP contribution in [0.1, 0.15) is 47.0 Å². The molecule has 0 fully saturated rings. The van der Waals surface area contributed by atoms with E-state index in [-0.39, 0.29) is 5.91 Å². The third kappa shape index (κ3) is 3.02. The highest BCUT2D eigenvalue weighted by atomic mass is 32.1. The molecule has 0 radical (unpaired) electrons. The molecule has 0 bridgehead atoms. The summed E-state index contributed by atoms with van der Waals surface area (Å²) in [6.07, 6.45) is 4.61. The summed E-state index contributed by atoms with van der Waals surface area (Å²) in [6, 6.07) is 0. The maximum atomic E-state index is 11.9. The van der Waals surface area contributed by atoms with Crippen LogP contribution >= 0.6 is 11.3 Å². The van der Waals surface area contributed by atoms with Crippen molar-refractivity contribution in [2.75, 3.05) is 12.4 Å². The van der Waals surface area contributed by atoms with Gasteiger partial charge in [-0.05, 0) is 38.2 Å². The van der Waals surface area contributed by atoms with Crippen LogP contribution in [-0.2, 0) is 22.4 Å². The lowest BCUT2D eigenvalue weighted by atomic mass is 10.1. The molecule has 1 aromatic rings. The fraction of sp³-hybridized carbons (Fsp3) is 0.571. The second-order valence-corrected chi connectivity index (χ2v) is 6.11. The molecule has 1 heterocycles. The van der Waals surface area contributed by atoms with Gasteiger partial charge >= 0.3 is 0 Å². The summed E-state index contributed by atoms with van der Waals surface area (Å²) in [5.41, 5.74) is 7.02. The molecule has 1 atom stereocenters. The standard InChI is InChI=1S/C14H20N2O3S/c1-8(19-2)13(18)16-14-11(12(15)17)9-6-4-3-5-7-10(9)20-14/h8H,3-7H2,1-2H3,(H2,15,17)(H,16,18)/t8-/m0/s1. The van der Waals surface area contributed by atoms with Crippen LogP contribution in [0.3, 0.4) is 0 Å². The molecule has 0 aliphatic heterocycles. The van der Waals surface area contributed by atoms with Crippen LogP contribution in [0.2, 0.25) is 0 Å².